The Hall–Kier alpha value is -1.77. The topological polar surface area (TPSA) is 43.1 Å². The second kappa shape index (κ2) is 9.12. The van der Waals surface area contributed by atoms with E-state index in [0.717, 1.165) is 44.9 Å². The number of nitrogens with zero attached hydrogens (tertiary/aromatic N) is 4. The number of aromatic nitrogens is 4. The maximum atomic E-state index is 6.41. The molecule has 5 aromatic rings. The van der Waals surface area contributed by atoms with Crippen LogP contribution in [0.5, 0.6) is 0 Å². The lowest BCUT2D eigenvalue weighted by Crippen LogP contribution is -1.98. The van der Waals surface area contributed by atoms with E-state index in [0.29, 0.717) is 15.8 Å². The minimum atomic E-state index is 0.638. The number of hydrogen-bond acceptors (Lipinski definition) is 6. The minimum absolute atomic E-state index is 0.638. The smallest absolute Gasteiger partial charge is 0.198 e. The maximum Gasteiger partial charge on any atom is 0.198 e. The molecule has 0 bridgehead atoms. The van der Waals surface area contributed by atoms with E-state index in [-0.39, 0.29) is 0 Å². The monoisotopic (exact) mass is 528 g/mol. The van der Waals surface area contributed by atoms with Crippen LogP contribution in [0.15, 0.2) is 58.8 Å². The first-order valence-electron chi connectivity index (χ1n) is 10.6. The van der Waals surface area contributed by atoms with Gasteiger partial charge >= 0.3 is 0 Å². The molecule has 3 aromatic heterocycles. The summed E-state index contributed by atoms with van der Waals surface area (Å²) in [6.07, 6.45) is 3.44. The average Bonchev–Trinajstić information content (AvgIpc) is 3.52. The molecule has 0 unspecified atom stereocenters. The van der Waals surface area contributed by atoms with Gasteiger partial charge in [0.1, 0.15) is 4.83 Å². The SMILES string of the molecule is Clc1ccc(CSc2nnc3c4c5c(sc4nc(SCc4ccccc4)n23)CCC5)c(Cl)c1. The predicted molar refractivity (Wildman–Crippen MR) is 140 cm³/mol. The highest BCUT2D eigenvalue weighted by molar-refractivity contribution is 7.99. The molecule has 4 nitrogen and oxygen atoms in total. The summed E-state index contributed by atoms with van der Waals surface area (Å²) >= 11 is 17.6. The van der Waals surface area contributed by atoms with Crippen molar-refractivity contribution in [2.45, 2.75) is 41.1 Å². The summed E-state index contributed by atoms with van der Waals surface area (Å²) in [6.45, 7) is 0. The number of aryl methyl sites for hydroxylation is 2. The van der Waals surface area contributed by atoms with E-state index in [4.69, 9.17) is 28.2 Å². The second-order valence-electron chi connectivity index (χ2n) is 7.87. The van der Waals surface area contributed by atoms with Crippen molar-refractivity contribution in [1.82, 2.24) is 19.6 Å². The number of benzene rings is 2. The molecule has 0 radical (unpaired) electrons. The second-order valence-corrected chi connectivity index (χ2v) is 11.7. The minimum Gasteiger partial charge on any atom is -0.247 e. The van der Waals surface area contributed by atoms with E-state index in [1.54, 1.807) is 29.6 Å². The van der Waals surface area contributed by atoms with Crippen molar-refractivity contribution < 1.29 is 0 Å². The molecule has 166 valence electrons. The molecule has 1 aliphatic rings. The lowest BCUT2D eigenvalue weighted by Gasteiger charge is -2.09. The van der Waals surface area contributed by atoms with E-state index >= 15 is 0 Å². The van der Waals surface area contributed by atoms with Crippen LogP contribution in [0.25, 0.3) is 15.9 Å². The Kier molecular flexibility index (Phi) is 6.01. The summed E-state index contributed by atoms with van der Waals surface area (Å²) < 4.78 is 2.13. The summed E-state index contributed by atoms with van der Waals surface area (Å²) in [4.78, 5) is 7.64. The van der Waals surface area contributed by atoms with E-state index in [1.165, 1.54) is 27.8 Å². The van der Waals surface area contributed by atoms with Crippen molar-refractivity contribution in [1.29, 1.82) is 0 Å². The summed E-state index contributed by atoms with van der Waals surface area (Å²) in [5.41, 5.74) is 4.62. The van der Waals surface area contributed by atoms with Gasteiger partial charge in [0.25, 0.3) is 0 Å². The largest absolute Gasteiger partial charge is 0.247 e. The Morgan fingerprint density at radius 3 is 2.64 bits per heavy atom. The first-order valence-corrected chi connectivity index (χ1v) is 14.1. The molecular formula is C24H18Cl2N4S3. The highest BCUT2D eigenvalue weighted by atomic mass is 35.5. The number of thiophene rings is 1. The van der Waals surface area contributed by atoms with Gasteiger partial charge in [-0.25, -0.2) is 9.38 Å². The number of halogens is 2. The van der Waals surface area contributed by atoms with Crippen LogP contribution in [-0.4, -0.2) is 19.6 Å². The Labute approximate surface area is 213 Å². The van der Waals surface area contributed by atoms with Gasteiger partial charge < -0.3 is 0 Å². The van der Waals surface area contributed by atoms with E-state index in [2.05, 4.69) is 38.9 Å². The first kappa shape index (κ1) is 21.7. The van der Waals surface area contributed by atoms with Crippen LogP contribution < -0.4 is 0 Å². The van der Waals surface area contributed by atoms with Crippen LogP contribution in [0.4, 0.5) is 0 Å². The van der Waals surface area contributed by atoms with Gasteiger partial charge in [0.2, 0.25) is 0 Å². The summed E-state index contributed by atoms with van der Waals surface area (Å²) in [6, 6.07) is 16.1. The van der Waals surface area contributed by atoms with E-state index in [1.807, 2.05) is 29.5 Å². The third-order valence-electron chi connectivity index (χ3n) is 5.73. The molecule has 0 fully saturated rings. The van der Waals surface area contributed by atoms with Crippen molar-refractivity contribution in [3.63, 3.8) is 0 Å². The molecule has 0 N–H and O–H groups in total. The van der Waals surface area contributed by atoms with Gasteiger partial charge in [-0.1, -0.05) is 83.1 Å². The number of hydrogen-bond donors (Lipinski definition) is 0. The zero-order valence-electron chi connectivity index (χ0n) is 17.4. The molecule has 2 aromatic carbocycles. The van der Waals surface area contributed by atoms with Gasteiger partial charge in [-0.05, 0) is 48.1 Å². The third-order valence-corrected chi connectivity index (χ3v) is 9.49. The predicted octanol–water partition coefficient (Wildman–Crippen LogP) is 7.72. The van der Waals surface area contributed by atoms with Gasteiger partial charge in [0.05, 0.1) is 5.39 Å². The Morgan fingerprint density at radius 2 is 1.79 bits per heavy atom. The van der Waals surface area contributed by atoms with Gasteiger partial charge in [0, 0.05) is 26.4 Å². The average molecular weight is 530 g/mol. The molecule has 6 rings (SSSR count). The number of fused-ring (bicyclic) bond motifs is 5. The Balaban J connectivity index is 1.42. The quantitative estimate of drug-likeness (QED) is 0.166. The van der Waals surface area contributed by atoms with Gasteiger partial charge in [-0.3, -0.25) is 0 Å². The van der Waals surface area contributed by atoms with Crippen molar-refractivity contribution in [2.24, 2.45) is 0 Å². The van der Waals surface area contributed by atoms with Crippen molar-refractivity contribution in [2.75, 3.05) is 0 Å². The number of rotatable bonds is 6. The fourth-order valence-electron chi connectivity index (χ4n) is 4.13. The molecule has 0 spiro atoms. The van der Waals surface area contributed by atoms with Crippen LogP contribution >= 0.6 is 58.1 Å². The van der Waals surface area contributed by atoms with E-state index < -0.39 is 0 Å². The van der Waals surface area contributed by atoms with Crippen molar-refractivity contribution in [3.05, 3.63) is 80.1 Å². The normalized spacial score (nSPS) is 13.3. The fraction of sp³-hybridized carbons (Fsp3) is 0.208. The summed E-state index contributed by atoms with van der Waals surface area (Å²) in [5, 5.41) is 13.5. The number of thioether (sulfide) groups is 2. The van der Waals surface area contributed by atoms with Crippen LogP contribution in [0.2, 0.25) is 10.0 Å². The van der Waals surface area contributed by atoms with Gasteiger partial charge in [-0.2, -0.15) is 0 Å². The zero-order chi connectivity index (χ0) is 22.4. The van der Waals surface area contributed by atoms with Crippen molar-refractivity contribution >= 4 is 73.9 Å². The van der Waals surface area contributed by atoms with Gasteiger partial charge in [-0.15, -0.1) is 21.5 Å². The molecule has 3 heterocycles. The molecule has 33 heavy (non-hydrogen) atoms. The first-order chi connectivity index (χ1) is 16.2. The Morgan fingerprint density at radius 1 is 0.939 bits per heavy atom. The summed E-state index contributed by atoms with van der Waals surface area (Å²) in [7, 11) is 0. The molecule has 0 saturated carbocycles. The molecule has 0 aliphatic heterocycles. The molecule has 9 heteroatoms. The maximum absolute atomic E-state index is 6.41. The Bertz CT molecular complexity index is 1480. The molecule has 1 aliphatic carbocycles. The van der Waals surface area contributed by atoms with Gasteiger partial charge in [0.15, 0.2) is 16.0 Å². The molecular weight excluding hydrogens is 511 g/mol. The van der Waals surface area contributed by atoms with Crippen LogP contribution in [0, 0.1) is 0 Å². The summed E-state index contributed by atoms with van der Waals surface area (Å²) in [5.74, 6) is 1.52. The van der Waals surface area contributed by atoms with E-state index in [9.17, 15) is 0 Å². The highest BCUT2D eigenvalue weighted by Crippen LogP contribution is 2.41. The molecule has 0 amide bonds. The fourth-order valence-corrected chi connectivity index (χ4v) is 7.94. The lowest BCUT2D eigenvalue weighted by molar-refractivity contribution is 0.816. The zero-order valence-corrected chi connectivity index (χ0v) is 21.4. The van der Waals surface area contributed by atoms with Crippen molar-refractivity contribution in [3.8, 4) is 0 Å². The molecule has 0 atom stereocenters. The van der Waals surface area contributed by atoms with Crippen LogP contribution in [0.3, 0.4) is 0 Å². The lowest BCUT2D eigenvalue weighted by atomic mass is 10.2. The van der Waals surface area contributed by atoms with Crippen LogP contribution in [0.1, 0.15) is 28.0 Å². The standard InChI is InChI=1S/C24H18Cl2N4S3/c25-16-10-9-15(18(26)11-16)13-32-24-29-28-21-20-17-7-4-8-19(17)33-22(20)27-23(30(21)24)31-12-14-5-2-1-3-6-14/h1-3,5-6,9-11H,4,7-8,12-13H2. The highest BCUT2D eigenvalue weighted by Gasteiger charge is 2.24. The van der Waals surface area contributed by atoms with Crippen LogP contribution in [-0.2, 0) is 24.3 Å². The molecule has 0 saturated heterocycles. The third kappa shape index (κ3) is 4.15.